The first-order valence-electron chi connectivity index (χ1n) is 6.38. The molecule has 122 valence electrons. The second kappa shape index (κ2) is 10.4. The molecule has 7 heteroatoms. The molecule has 0 aromatic heterocycles. The van der Waals surface area contributed by atoms with Crippen molar-refractivity contribution in [2.45, 2.75) is 5.60 Å². The zero-order valence-corrected chi connectivity index (χ0v) is 12.9. The van der Waals surface area contributed by atoms with E-state index in [9.17, 15) is 10.2 Å². The Hall–Kier alpha value is -0.280. The average Bonchev–Trinajstić information content (AvgIpc) is 2.39. The third-order valence-corrected chi connectivity index (χ3v) is 2.84. The predicted molar refractivity (Wildman–Crippen MR) is 72.8 cm³/mol. The Bertz CT molecular complexity index is 223. The van der Waals surface area contributed by atoms with Crippen molar-refractivity contribution >= 4 is 0 Å². The molecule has 0 heterocycles. The molecule has 7 nitrogen and oxygen atoms in total. The summed E-state index contributed by atoms with van der Waals surface area (Å²) in [4.78, 5) is 0. The Balaban J connectivity index is 4.45. The SMILES string of the molecule is COCC(O)(COC)COCC(CO)(COC)COC. The number of methoxy groups -OCH3 is 4. The van der Waals surface area contributed by atoms with Crippen molar-refractivity contribution in [2.24, 2.45) is 5.41 Å². The van der Waals surface area contributed by atoms with Gasteiger partial charge in [0.1, 0.15) is 5.60 Å². The predicted octanol–water partition coefficient (Wildman–Crippen LogP) is -0.702. The third-order valence-electron chi connectivity index (χ3n) is 2.84. The van der Waals surface area contributed by atoms with Crippen LogP contribution in [0.3, 0.4) is 0 Å². The van der Waals surface area contributed by atoms with Gasteiger partial charge in [0.25, 0.3) is 0 Å². The minimum Gasteiger partial charge on any atom is -0.396 e. The molecule has 0 rings (SSSR count). The van der Waals surface area contributed by atoms with E-state index in [0.29, 0.717) is 13.2 Å². The number of ether oxygens (including phenoxy) is 5. The van der Waals surface area contributed by atoms with Gasteiger partial charge in [0, 0.05) is 28.4 Å². The molecule has 2 N–H and O–H groups in total. The van der Waals surface area contributed by atoms with Crippen LogP contribution in [0.4, 0.5) is 0 Å². The molecule has 0 aromatic carbocycles. The molecular formula is C13H28O7. The Morgan fingerprint density at radius 1 is 0.700 bits per heavy atom. The van der Waals surface area contributed by atoms with E-state index >= 15 is 0 Å². The van der Waals surface area contributed by atoms with Gasteiger partial charge in [-0.15, -0.1) is 0 Å². The third kappa shape index (κ3) is 6.94. The maximum absolute atomic E-state index is 10.2. The van der Waals surface area contributed by atoms with E-state index in [1.807, 2.05) is 0 Å². The average molecular weight is 296 g/mol. The molecular weight excluding hydrogens is 268 g/mol. The first-order chi connectivity index (χ1) is 9.51. The molecule has 0 saturated carbocycles. The normalized spacial score (nSPS) is 12.9. The van der Waals surface area contributed by atoms with Gasteiger partial charge in [-0.1, -0.05) is 0 Å². The summed E-state index contributed by atoms with van der Waals surface area (Å²) in [6.07, 6.45) is 0. The monoisotopic (exact) mass is 296 g/mol. The van der Waals surface area contributed by atoms with Crippen LogP contribution in [-0.2, 0) is 23.7 Å². The van der Waals surface area contributed by atoms with Gasteiger partial charge >= 0.3 is 0 Å². The van der Waals surface area contributed by atoms with E-state index in [4.69, 9.17) is 23.7 Å². The van der Waals surface area contributed by atoms with E-state index in [1.165, 1.54) is 14.2 Å². The fourth-order valence-electron chi connectivity index (χ4n) is 1.99. The highest BCUT2D eigenvalue weighted by molar-refractivity contribution is 4.81. The molecule has 0 radical (unpaired) electrons. The molecule has 0 fully saturated rings. The van der Waals surface area contributed by atoms with Gasteiger partial charge in [-0.25, -0.2) is 0 Å². The fraction of sp³-hybridized carbons (Fsp3) is 1.00. The molecule has 0 atom stereocenters. The number of hydrogen-bond acceptors (Lipinski definition) is 7. The van der Waals surface area contributed by atoms with Gasteiger partial charge in [-0.3, -0.25) is 0 Å². The molecule has 0 aromatic rings. The quantitative estimate of drug-likeness (QED) is 0.465. The van der Waals surface area contributed by atoms with E-state index < -0.39 is 11.0 Å². The van der Waals surface area contributed by atoms with Gasteiger partial charge in [0.15, 0.2) is 0 Å². The van der Waals surface area contributed by atoms with Crippen LogP contribution in [0.2, 0.25) is 0 Å². The van der Waals surface area contributed by atoms with Crippen LogP contribution in [0.1, 0.15) is 0 Å². The fourth-order valence-corrected chi connectivity index (χ4v) is 1.99. The molecule has 0 aliphatic carbocycles. The molecule has 0 saturated heterocycles. The van der Waals surface area contributed by atoms with Crippen LogP contribution in [0, 0.1) is 5.41 Å². The molecule has 0 aliphatic heterocycles. The second-order valence-electron chi connectivity index (χ2n) is 5.11. The van der Waals surface area contributed by atoms with Crippen LogP contribution in [-0.4, -0.2) is 90.5 Å². The Morgan fingerprint density at radius 3 is 1.50 bits per heavy atom. The van der Waals surface area contributed by atoms with Crippen molar-refractivity contribution < 1.29 is 33.9 Å². The van der Waals surface area contributed by atoms with Crippen molar-refractivity contribution in [2.75, 3.05) is 74.7 Å². The molecule has 0 amide bonds. The number of rotatable bonds is 13. The number of hydrogen-bond donors (Lipinski definition) is 2. The lowest BCUT2D eigenvalue weighted by molar-refractivity contribution is -0.143. The molecule has 0 bridgehead atoms. The Labute approximate surface area is 120 Å². The van der Waals surface area contributed by atoms with Crippen LogP contribution in [0.25, 0.3) is 0 Å². The minimum absolute atomic E-state index is 0.0316. The zero-order chi connectivity index (χ0) is 15.5. The number of aliphatic hydroxyl groups is 2. The molecule has 20 heavy (non-hydrogen) atoms. The van der Waals surface area contributed by atoms with E-state index in [-0.39, 0.29) is 33.0 Å². The lowest BCUT2D eigenvalue weighted by Gasteiger charge is -2.32. The van der Waals surface area contributed by atoms with Crippen molar-refractivity contribution in [3.63, 3.8) is 0 Å². The van der Waals surface area contributed by atoms with E-state index in [1.54, 1.807) is 14.2 Å². The van der Waals surface area contributed by atoms with Gasteiger partial charge in [-0.2, -0.15) is 0 Å². The molecule has 0 spiro atoms. The molecule has 0 unspecified atom stereocenters. The minimum atomic E-state index is -1.22. The van der Waals surface area contributed by atoms with Gasteiger partial charge in [-0.05, 0) is 0 Å². The smallest absolute Gasteiger partial charge is 0.134 e. The zero-order valence-electron chi connectivity index (χ0n) is 12.9. The highest BCUT2D eigenvalue weighted by Gasteiger charge is 2.33. The lowest BCUT2D eigenvalue weighted by Crippen LogP contribution is -2.46. The Kier molecular flexibility index (Phi) is 10.3. The van der Waals surface area contributed by atoms with Crippen LogP contribution < -0.4 is 0 Å². The standard InChI is InChI=1S/C13H28O7/c1-16-6-12(5-14,7-17-2)8-20-11-13(15,9-18-3)10-19-4/h14-15H,5-11H2,1-4H3. The second-order valence-corrected chi connectivity index (χ2v) is 5.11. The highest BCUT2D eigenvalue weighted by atomic mass is 16.5. The van der Waals surface area contributed by atoms with Crippen molar-refractivity contribution in [3.05, 3.63) is 0 Å². The van der Waals surface area contributed by atoms with E-state index in [0.717, 1.165) is 0 Å². The van der Waals surface area contributed by atoms with Crippen LogP contribution in [0.5, 0.6) is 0 Å². The molecule has 0 aliphatic rings. The first-order valence-corrected chi connectivity index (χ1v) is 6.38. The summed E-state index contributed by atoms with van der Waals surface area (Å²) in [5, 5.41) is 19.8. The van der Waals surface area contributed by atoms with Gasteiger partial charge in [0.05, 0.1) is 51.7 Å². The summed E-state index contributed by atoms with van der Waals surface area (Å²) in [5.41, 5.74) is -1.87. The topological polar surface area (TPSA) is 86.6 Å². The number of aliphatic hydroxyl groups excluding tert-OH is 1. The van der Waals surface area contributed by atoms with Crippen molar-refractivity contribution in [1.29, 1.82) is 0 Å². The highest BCUT2D eigenvalue weighted by Crippen LogP contribution is 2.19. The largest absolute Gasteiger partial charge is 0.396 e. The van der Waals surface area contributed by atoms with Crippen molar-refractivity contribution in [1.82, 2.24) is 0 Å². The van der Waals surface area contributed by atoms with Gasteiger partial charge in [0.2, 0.25) is 0 Å². The summed E-state index contributed by atoms with van der Waals surface area (Å²) in [5.74, 6) is 0. The Morgan fingerprint density at radius 2 is 1.15 bits per heavy atom. The van der Waals surface area contributed by atoms with Gasteiger partial charge < -0.3 is 33.9 Å². The summed E-state index contributed by atoms with van der Waals surface area (Å²) in [6, 6.07) is 0. The van der Waals surface area contributed by atoms with Crippen LogP contribution >= 0.6 is 0 Å². The van der Waals surface area contributed by atoms with Crippen molar-refractivity contribution in [3.8, 4) is 0 Å². The maximum atomic E-state index is 10.2. The summed E-state index contributed by atoms with van der Waals surface area (Å²) >= 11 is 0. The summed E-state index contributed by atoms with van der Waals surface area (Å²) in [7, 11) is 6.08. The van der Waals surface area contributed by atoms with E-state index in [2.05, 4.69) is 0 Å². The lowest BCUT2D eigenvalue weighted by atomic mass is 9.92. The summed E-state index contributed by atoms with van der Waals surface area (Å²) < 4.78 is 25.6. The summed E-state index contributed by atoms with van der Waals surface area (Å²) in [6.45, 7) is 0.879. The van der Waals surface area contributed by atoms with Crippen LogP contribution in [0.15, 0.2) is 0 Å². The maximum Gasteiger partial charge on any atom is 0.134 e. The first kappa shape index (κ1) is 19.7.